The number of hydrogen-bond acceptors (Lipinski definition) is 4. The Morgan fingerprint density at radius 3 is 2.44 bits per heavy atom. The number of hydrogen-bond donors (Lipinski definition) is 1. The molecule has 1 heterocycles. The van der Waals surface area contributed by atoms with Crippen LogP contribution in [-0.4, -0.2) is 29.0 Å². The summed E-state index contributed by atoms with van der Waals surface area (Å²) >= 11 is 0. The van der Waals surface area contributed by atoms with Gasteiger partial charge in [-0.05, 0) is 74.7 Å². The number of ether oxygens (including phenoxy) is 1. The van der Waals surface area contributed by atoms with Gasteiger partial charge in [-0.3, -0.25) is 0 Å². The smallest absolute Gasteiger partial charge is 0.215 e. The number of rotatable bonds is 8. The van der Waals surface area contributed by atoms with Gasteiger partial charge in [-0.25, -0.2) is 22.2 Å². The van der Waals surface area contributed by atoms with Gasteiger partial charge < -0.3 is 4.74 Å². The molecule has 0 aliphatic heterocycles. The van der Waals surface area contributed by atoms with Crippen molar-refractivity contribution in [1.82, 2.24) is 14.5 Å². The first-order valence-corrected chi connectivity index (χ1v) is 12.8. The Hall–Kier alpha value is -3.23. The molecule has 1 aliphatic carbocycles. The minimum absolute atomic E-state index is 0.303. The second kappa shape index (κ2) is 8.52. The van der Waals surface area contributed by atoms with Crippen LogP contribution in [0.15, 0.2) is 79.0 Å². The number of nitrogens with zero attached hydrogens (tertiary/aromatic N) is 2. The third-order valence-electron chi connectivity index (χ3n) is 5.99. The van der Waals surface area contributed by atoms with Crippen LogP contribution in [0.2, 0.25) is 0 Å². The van der Waals surface area contributed by atoms with Crippen molar-refractivity contribution < 1.29 is 17.5 Å². The molecule has 5 rings (SSSR count). The van der Waals surface area contributed by atoms with Gasteiger partial charge in [0.25, 0.3) is 0 Å². The zero-order chi connectivity index (χ0) is 23.9. The summed E-state index contributed by atoms with van der Waals surface area (Å²) in [4.78, 5) is 0. The van der Waals surface area contributed by atoms with Crippen molar-refractivity contribution in [3.63, 3.8) is 0 Å². The first kappa shape index (κ1) is 22.6. The van der Waals surface area contributed by atoms with Crippen LogP contribution in [0.1, 0.15) is 38.4 Å². The molecule has 0 bridgehead atoms. The second-order valence-corrected chi connectivity index (χ2v) is 11.2. The number of aromatic nitrogens is 2. The fourth-order valence-corrected chi connectivity index (χ4v) is 5.91. The van der Waals surface area contributed by atoms with Gasteiger partial charge in [0.1, 0.15) is 17.7 Å². The fourth-order valence-electron chi connectivity index (χ4n) is 4.15. The molecule has 1 atom stereocenters. The zero-order valence-corrected chi connectivity index (χ0v) is 19.8. The first-order chi connectivity index (χ1) is 16.2. The summed E-state index contributed by atoms with van der Waals surface area (Å²) < 4.78 is 49.8. The van der Waals surface area contributed by atoms with E-state index in [-0.39, 0.29) is 11.1 Å². The van der Waals surface area contributed by atoms with Gasteiger partial charge in [0, 0.05) is 5.39 Å². The Balaban J connectivity index is 1.47. The van der Waals surface area contributed by atoms with Crippen LogP contribution in [0.4, 0.5) is 4.39 Å². The van der Waals surface area contributed by atoms with Gasteiger partial charge >= 0.3 is 0 Å². The molecule has 1 unspecified atom stereocenters. The van der Waals surface area contributed by atoms with E-state index in [1.165, 1.54) is 12.1 Å². The lowest BCUT2D eigenvalue weighted by molar-refractivity contribution is 0.119. The topological polar surface area (TPSA) is 73.2 Å². The monoisotopic (exact) mass is 479 g/mol. The molecule has 176 valence electrons. The van der Waals surface area contributed by atoms with E-state index in [9.17, 15) is 12.8 Å². The molecule has 0 amide bonds. The van der Waals surface area contributed by atoms with Crippen LogP contribution in [-0.2, 0) is 10.0 Å². The average Bonchev–Trinajstić information content (AvgIpc) is 3.59. The van der Waals surface area contributed by atoms with Crippen LogP contribution in [0, 0.1) is 5.82 Å². The average molecular weight is 480 g/mol. The predicted molar refractivity (Wildman–Crippen MR) is 130 cm³/mol. The summed E-state index contributed by atoms with van der Waals surface area (Å²) in [6.45, 7) is 3.69. The summed E-state index contributed by atoms with van der Waals surface area (Å²) in [7, 11) is -3.43. The molecule has 0 spiro atoms. The van der Waals surface area contributed by atoms with E-state index < -0.39 is 21.7 Å². The largest absolute Gasteiger partial charge is 0.484 e. The van der Waals surface area contributed by atoms with Crippen molar-refractivity contribution in [3.8, 4) is 11.4 Å². The second-order valence-electron chi connectivity index (χ2n) is 9.23. The standard InChI is InChI=1S/C26H26FN3O3S/c1-26(2,29-34(31,32)23-13-14-23)25(18-6-4-3-5-7-18)33-22-12-15-24-19(16-22)17-28-30(24)21-10-8-20(27)9-11-21/h3-12,15-17,23,25,29H,13-14H2,1-2H3. The van der Waals surface area contributed by atoms with Crippen molar-refractivity contribution >= 4 is 20.9 Å². The Bertz CT molecular complexity index is 1410. The maximum absolute atomic E-state index is 13.3. The van der Waals surface area contributed by atoms with Gasteiger partial charge in [0.05, 0.1) is 28.2 Å². The molecule has 1 fully saturated rings. The highest BCUT2D eigenvalue weighted by molar-refractivity contribution is 7.90. The maximum atomic E-state index is 13.3. The lowest BCUT2D eigenvalue weighted by Crippen LogP contribution is -2.50. The molecule has 1 aromatic heterocycles. The van der Waals surface area contributed by atoms with Crippen LogP contribution in [0.3, 0.4) is 0 Å². The van der Waals surface area contributed by atoms with E-state index in [2.05, 4.69) is 9.82 Å². The summed E-state index contributed by atoms with van der Waals surface area (Å²) in [6.07, 6.45) is 2.55. The Morgan fingerprint density at radius 2 is 1.76 bits per heavy atom. The highest BCUT2D eigenvalue weighted by Crippen LogP contribution is 2.36. The maximum Gasteiger partial charge on any atom is 0.215 e. The van der Waals surface area contributed by atoms with E-state index in [0.29, 0.717) is 18.6 Å². The van der Waals surface area contributed by atoms with E-state index in [1.54, 1.807) is 23.0 Å². The van der Waals surface area contributed by atoms with Crippen molar-refractivity contribution in [3.05, 3.63) is 90.4 Å². The molecular weight excluding hydrogens is 453 g/mol. The van der Waals surface area contributed by atoms with E-state index in [1.807, 2.05) is 62.4 Å². The van der Waals surface area contributed by atoms with Gasteiger partial charge in [-0.2, -0.15) is 5.10 Å². The molecule has 4 aromatic rings. The normalized spacial score (nSPS) is 15.4. The third kappa shape index (κ3) is 4.56. The lowest BCUT2D eigenvalue weighted by atomic mass is 9.92. The van der Waals surface area contributed by atoms with Crippen LogP contribution in [0.5, 0.6) is 5.75 Å². The number of fused-ring (bicyclic) bond motifs is 1. The number of nitrogens with one attached hydrogen (secondary N) is 1. The molecule has 34 heavy (non-hydrogen) atoms. The van der Waals surface area contributed by atoms with E-state index >= 15 is 0 Å². The summed E-state index contributed by atoms with van der Waals surface area (Å²) in [6, 6.07) is 21.4. The zero-order valence-electron chi connectivity index (χ0n) is 19.0. The van der Waals surface area contributed by atoms with Gasteiger partial charge in [0.15, 0.2) is 0 Å². The quantitative estimate of drug-likeness (QED) is 0.380. The molecule has 0 radical (unpaired) electrons. The van der Waals surface area contributed by atoms with Gasteiger partial charge in [-0.15, -0.1) is 0 Å². The SMILES string of the molecule is CC(C)(NS(=O)(=O)C1CC1)C(Oc1ccc2c(cnn2-c2ccc(F)cc2)c1)c1ccccc1. The van der Waals surface area contributed by atoms with Crippen LogP contribution < -0.4 is 9.46 Å². The third-order valence-corrected chi connectivity index (χ3v) is 8.15. The van der Waals surface area contributed by atoms with Crippen molar-refractivity contribution in [1.29, 1.82) is 0 Å². The molecule has 8 heteroatoms. The number of sulfonamides is 1. The Morgan fingerprint density at radius 1 is 1.06 bits per heavy atom. The minimum atomic E-state index is -3.43. The minimum Gasteiger partial charge on any atom is -0.484 e. The van der Waals surface area contributed by atoms with Gasteiger partial charge in [0.2, 0.25) is 10.0 Å². The molecule has 3 aromatic carbocycles. The summed E-state index contributed by atoms with van der Waals surface area (Å²) in [5.41, 5.74) is 1.58. The fraction of sp³-hybridized carbons (Fsp3) is 0.269. The molecule has 0 saturated heterocycles. The Kier molecular flexibility index (Phi) is 5.65. The first-order valence-electron chi connectivity index (χ1n) is 11.2. The predicted octanol–water partition coefficient (Wildman–Crippen LogP) is 5.15. The highest BCUT2D eigenvalue weighted by atomic mass is 32.2. The highest BCUT2D eigenvalue weighted by Gasteiger charge is 2.43. The molecular formula is C26H26FN3O3S. The molecule has 1 N–H and O–H groups in total. The molecule has 1 aliphatic rings. The van der Waals surface area contributed by atoms with E-state index in [4.69, 9.17) is 4.74 Å². The van der Waals surface area contributed by atoms with Crippen LogP contribution >= 0.6 is 0 Å². The van der Waals surface area contributed by atoms with Crippen molar-refractivity contribution in [2.45, 2.75) is 43.6 Å². The van der Waals surface area contributed by atoms with Gasteiger partial charge in [-0.1, -0.05) is 30.3 Å². The number of benzene rings is 3. The molecule has 6 nitrogen and oxygen atoms in total. The summed E-state index contributed by atoms with van der Waals surface area (Å²) in [5.74, 6) is 0.293. The number of halogens is 1. The van der Waals surface area contributed by atoms with Crippen LogP contribution in [0.25, 0.3) is 16.6 Å². The van der Waals surface area contributed by atoms with Crippen molar-refractivity contribution in [2.75, 3.05) is 0 Å². The Labute approximate surface area is 198 Å². The van der Waals surface area contributed by atoms with E-state index in [0.717, 1.165) is 22.2 Å². The molecule has 1 saturated carbocycles. The summed E-state index contributed by atoms with van der Waals surface area (Å²) in [5, 5.41) is 4.97. The van der Waals surface area contributed by atoms with Crippen molar-refractivity contribution in [2.24, 2.45) is 0 Å². The lowest BCUT2D eigenvalue weighted by Gasteiger charge is -2.35.